The second kappa shape index (κ2) is 6.09. The third-order valence-corrected chi connectivity index (χ3v) is 4.79. The van der Waals surface area contributed by atoms with Crippen molar-refractivity contribution in [2.75, 3.05) is 0 Å². The highest BCUT2D eigenvalue weighted by Gasteiger charge is 2.35. The fraction of sp³-hybridized carbons (Fsp3) is 0.368. The molecule has 1 unspecified atom stereocenters. The van der Waals surface area contributed by atoms with Gasteiger partial charge in [-0.25, -0.2) is 0 Å². The van der Waals surface area contributed by atoms with Crippen molar-refractivity contribution < 1.29 is 9.21 Å². The number of fused-ring (bicyclic) bond motifs is 1. The van der Waals surface area contributed by atoms with Gasteiger partial charge in [0.2, 0.25) is 0 Å². The summed E-state index contributed by atoms with van der Waals surface area (Å²) in [5.41, 5.74) is 2.32. The first-order chi connectivity index (χ1) is 12.4. The van der Waals surface area contributed by atoms with Crippen molar-refractivity contribution in [2.45, 2.75) is 39.7 Å². The molecule has 4 rings (SSSR count). The van der Waals surface area contributed by atoms with Gasteiger partial charge < -0.3 is 9.73 Å². The van der Waals surface area contributed by atoms with Crippen LogP contribution in [0.1, 0.15) is 53.8 Å². The number of hydrogen-bond donors (Lipinski definition) is 1. The van der Waals surface area contributed by atoms with E-state index in [0.29, 0.717) is 11.3 Å². The van der Waals surface area contributed by atoms with E-state index in [1.807, 2.05) is 31.2 Å². The summed E-state index contributed by atoms with van der Waals surface area (Å²) in [7, 11) is 0. The van der Waals surface area contributed by atoms with E-state index in [0.717, 1.165) is 29.9 Å². The highest BCUT2D eigenvalue weighted by atomic mass is 16.3. The quantitative estimate of drug-likeness (QED) is 0.784. The number of tetrazole rings is 1. The van der Waals surface area contributed by atoms with Crippen LogP contribution in [0.4, 0.5) is 0 Å². The number of benzene rings is 1. The second-order valence-electron chi connectivity index (χ2n) is 7.58. The Morgan fingerprint density at radius 2 is 2.15 bits per heavy atom. The van der Waals surface area contributed by atoms with Crippen LogP contribution >= 0.6 is 0 Å². The first-order valence-corrected chi connectivity index (χ1v) is 8.65. The third kappa shape index (κ3) is 3.00. The maximum atomic E-state index is 13.0. The van der Waals surface area contributed by atoms with Crippen molar-refractivity contribution in [3.05, 3.63) is 59.3 Å². The van der Waals surface area contributed by atoms with Crippen molar-refractivity contribution in [3.63, 3.8) is 0 Å². The third-order valence-electron chi connectivity index (χ3n) is 4.79. The van der Waals surface area contributed by atoms with E-state index >= 15 is 0 Å². The topological polar surface area (TPSA) is 85.8 Å². The Morgan fingerprint density at radius 1 is 1.35 bits per heavy atom. The van der Waals surface area contributed by atoms with Gasteiger partial charge in [-0.2, -0.15) is 4.68 Å². The summed E-state index contributed by atoms with van der Waals surface area (Å²) in [5.74, 6) is 1.70. The summed E-state index contributed by atoms with van der Waals surface area (Å²) in [6, 6.07) is 9.24. The molecule has 0 spiro atoms. The molecule has 7 heteroatoms. The van der Waals surface area contributed by atoms with Gasteiger partial charge in [0.05, 0.1) is 17.3 Å². The van der Waals surface area contributed by atoms with E-state index in [4.69, 9.17) is 4.42 Å². The highest BCUT2D eigenvalue weighted by molar-refractivity contribution is 5.98. The maximum absolute atomic E-state index is 13.0. The molecule has 134 valence electrons. The number of amides is 1. The van der Waals surface area contributed by atoms with E-state index in [1.54, 1.807) is 6.07 Å². The van der Waals surface area contributed by atoms with Crippen molar-refractivity contribution in [2.24, 2.45) is 5.41 Å². The average Bonchev–Trinajstić information content (AvgIpc) is 3.23. The van der Waals surface area contributed by atoms with Gasteiger partial charge in [-0.05, 0) is 47.4 Å². The van der Waals surface area contributed by atoms with E-state index in [-0.39, 0.29) is 17.4 Å². The van der Waals surface area contributed by atoms with Crippen molar-refractivity contribution in [3.8, 4) is 5.69 Å². The molecule has 3 aromatic rings. The fourth-order valence-electron chi connectivity index (χ4n) is 3.69. The minimum Gasteiger partial charge on any atom is -0.466 e. The predicted octanol–water partition coefficient (Wildman–Crippen LogP) is 3.01. The molecule has 0 bridgehead atoms. The van der Waals surface area contributed by atoms with Crippen LogP contribution < -0.4 is 5.32 Å². The molecule has 1 atom stereocenters. The summed E-state index contributed by atoms with van der Waals surface area (Å²) < 4.78 is 7.35. The normalized spacial score (nSPS) is 18.3. The number of aryl methyl sites for hydroxylation is 1. The van der Waals surface area contributed by atoms with Gasteiger partial charge in [0.1, 0.15) is 17.8 Å². The Balaban J connectivity index is 1.65. The van der Waals surface area contributed by atoms with Crippen molar-refractivity contribution in [1.29, 1.82) is 0 Å². The summed E-state index contributed by atoms with van der Waals surface area (Å²) in [6.45, 7) is 6.33. The molecule has 1 aliphatic rings. The molecule has 26 heavy (non-hydrogen) atoms. The second-order valence-corrected chi connectivity index (χ2v) is 7.58. The molecule has 0 saturated carbocycles. The number of aromatic nitrogens is 4. The van der Waals surface area contributed by atoms with Gasteiger partial charge in [0, 0.05) is 12.0 Å². The lowest BCUT2D eigenvalue weighted by molar-refractivity contribution is 0.0917. The lowest BCUT2D eigenvalue weighted by atomic mass is 9.74. The molecule has 1 aliphatic carbocycles. The molecule has 1 N–H and O–H groups in total. The van der Waals surface area contributed by atoms with Crippen LogP contribution in [0.2, 0.25) is 0 Å². The number of carbonyl (C=O) groups excluding carboxylic acids is 1. The van der Waals surface area contributed by atoms with Crippen LogP contribution in [-0.2, 0) is 6.42 Å². The standard InChI is InChI=1S/C19H21N5O2/c1-12-8-14-15(9-19(2,3)10-17(14)26-12)21-18(25)13-6-4-5-7-16(13)24-11-20-22-23-24/h4-8,11,15H,9-10H2,1-3H3,(H,21,25). The van der Waals surface area contributed by atoms with Crippen LogP contribution in [0.25, 0.3) is 5.69 Å². The molecular weight excluding hydrogens is 330 g/mol. The minimum absolute atomic E-state index is 0.0601. The number of nitrogens with zero attached hydrogens (tertiary/aromatic N) is 4. The van der Waals surface area contributed by atoms with Gasteiger partial charge in [0.25, 0.3) is 5.91 Å². The Kier molecular flexibility index (Phi) is 3.86. The van der Waals surface area contributed by atoms with Crippen LogP contribution in [0.5, 0.6) is 0 Å². The average molecular weight is 351 g/mol. The molecule has 2 aromatic heterocycles. The fourth-order valence-corrected chi connectivity index (χ4v) is 3.69. The zero-order valence-electron chi connectivity index (χ0n) is 15.1. The molecule has 1 aromatic carbocycles. The molecule has 2 heterocycles. The number of rotatable bonds is 3. The Labute approximate surface area is 151 Å². The number of nitrogens with one attached hydrogen (secondary N) is 1. The monoisotopic (exact) mass is 351 g/mol. The van der Waals surface area contributed by atoms with E-state index in [1.165, 1.54) is 11.0 Å². The number of furan rings is 1. The van der Waals surface area contributed by atoms with Gasteiger partial charge in [-0.15, -0.1) is 5.10 Å². The zero-order chi connectivity index (χ0) is 18.3. The van der Waals surface area contributed by atoms with Crippen LogP contribution in [0, 0.1) is 12.3 Å². The summed E-state index contributed by atoms with van der Waals surface area (Å²) >= 11 is 0. The number of para-hydroxylation sites is 1. The zero-order valence-corrected chi connectivity index (χ0v) is 15.1. The Bertz CT molecular complexity index is 943. The number of hydrogen-bond acceptors (Lipinski definition) is 5. The SMILES string of the molecule is Cc1cc2c(o1)CC(C)(C)CC2NC(=O)c1ccccc1-n1cnnn1. The molecule has 0 aliphatic heterocycles. The van der Waals surface area contributed by atoms with E-state index in [9.17, 15) is 4.79 Å². The summed E-state index contributed by atoms with van der Waals surface area (Å²) in [6.07, 6.45) is 3.22. The predicted molar refractivity (Wildman–Crippen MR) is 94.9 cm³/mol. The Morgan fingerprint density at radius 3 is 2.92 bits per heavy atom. The van der Waals surface area contributed by atoms with Gasteiger partial charge >= 0.3 is 0 Å². The van der Waals surface area contributed by atoms with E-state index in [2.05, 4.69) is 34.7 Å². The van der Waals surface area contributed by atoms with E-state index < -0.39 is 0 Å². The van der Waals surface area contributed by atoms with Gasteiger partial charge in [-0.1, -0.05) is 26.0 Å². The molecular formula is C19H21N5O2. The minimum atomic E-state index is -0.149. The first kappa shape index (κ1) is 16.5. The number of carbonyl (C=O) groups is 1. The van der Waals surface area contributed by atoms with Crippen molar-refractivity contribution >= 4 is 5.91 Å². The Hall–Kier alpha value is -2.96. The van der Waals surface area contributed by atoms with Crippen LogP contribution in [-0.4, -0.2) is 26.1 Å². The highest BCUT2D eigenvalue weighted by Crippen LogP contribution is 2.42. The maximum Gasteiger partial charge on any atom is 0.253 e. The van der Waals surface area contributed by atoms with Crippen LogP contribution in [0.3, 0.4) is 0 Å². The van der Waals surface area contributed by atoms with Crippen LogP contribution in [0.15, 0.2) is 41.1 Å². The van der Waals surface area contributed by atoms with Gasteiger partial charge in [0.15, 0.2) is 0 Å². The first-order valence-electron chi connectivity index (χ1n) is 8.65. The summed E-state index contributed by atoms with van der Waals surface area (Å²) in [4.78, 5) is 13.0. The largest absolute Gasteiger partial charge is 0.466 e. The lowest BCUT2D eigenvalue weighted by Crippen LogP contribution is -2.36. The summed E-state index contributed by atoms with van der Waals surface area (Å²) in [5, 5.41) is 14.4. The molecule has 0 fully saturated rings. The molecule has 1 amide bonds. The van der Waals surface area contributed by atoms with Crippen molar-refractivity contribution in [1.82, 2.24) is 25.5 Å². The molecule has 0 saturated heterocycles. The molecule has 0 radical (unpaired) electrons. The van der Waals surface area contributed by atoms with Gasteiger partial charge in [-0.3, -0.25) is 4.79 Å². The lowest BCUT2D eigenvalue weighted by Gasteiger charge is -2.34. The smallest absolute Gasteiger partial charge is 0.253 e. The molecule has 7 nitrogen and oxygen atoms in total.